The van der Waals surface area contributed by atoms with E-state index in [-0.39, 0.29) is 17.4 Å². The first-order valence-corrected chi connectivity index (χ1v) is 10.1. The van der Waals surface area contributed by atoms with Crippen LogP contribution in [0.5, 0.6) is 0 Å². The van der Waals surface area contributed by atoms with Crippen molar-refractivity contribution in [3.63, 3.8) is 0 Å². The predicted molar refractivity (Wildman–Crippen MR) is 111 cm³/mol. The molecule has 2 aliphatic heterocycles. The van der Waals surface area contributed by atoms with Gasteiger partial charge in [-0.3, -0.25) is 4.79 Å². The molecule has 2 atom stereocenters. The average Bonchev–Trinajstić information content (AvgIpc) is 2.55. The van der Waals surface area contributed by atoms with E-state index < -0.39 is 0 Å². The zero-order valence-corrected chi connectivity index (χ0v) is 17.2. The fraction of sp³-hybridized carbons (Fsp3) is 0.619. The molecule has 3 rings (SSSR count). The molecule has 2 fully saturated rings. The molecule has 2 unspecified atom stereocenters. The molecule has 2 bridgehead atoms. The van der Waals surface area contributed by atoms with Crippen molar-refractivity contribution < 1.29 is 4.79 Å². The Bertz CT molecular complexity index is 668. The third-order valence-electron chi connectivity index (χ3n) is 5.61. The van der Waals surface area contributed by atoms with E-state index in [2.05, 4.69) is 34.6 Å². The lowest BCUT2D eigenvalue weighted by Crippen LogP contribution is -2.60. The molecule has 5 heteroatoms. The Labute approximate surface area is 162 Å². The van der Waals surface area contributed by atoms with Crippen LogP contribution in [0.25, 0.3) is 0 Å². The van der Waals surface area contributed by atoms with E-state index in [1.165, 1.54) is 12.0 Å². The van der Waals surface area contributed by atoms with Crippen LogP contribution < -0.4 is 10.6 Å². The minimum atomic E-state index is -0.339. The van der Waals surface area contributed by atoms with Crippen LogP contribution in [-0.2, 0) is 4.79 Å². The Morgan fingerprint density at radius 3 is 2.35 bits per heavy atom. The SMILES string of the molecule is Cc1ccccc1NC(=S)N1C2CCCC1CC(NC(=O)C(C)(C)C)C2. The molecule has 0 saturated carbocycles. The number of para-hydroxylation sites is 1. The highest BCUT2D eigenvalue weighted by Crippen LogP contribution is 2.35. The summed E-state index contributed by atoms with van der Waals surface area (Å²) in [5.41, 5.74) is 1.94. The number of hydrogen-bond acceptors (Lipinski definition) is 2. The van der Waals surface area contributed by atoms with E-state index in [0.29, 0.717) is 12.1 Å². The lowest BCUT2D eigenvalue weighted by atomic mass is 9.81. The fourth-order valence-electron chi connectivity index (χ4n) is 4.13. The first-order chi connectivity index (χ1) is 12.3. The molecule has 2 aliphatic rings. The van der Waals surface area contributed by atoms with Gasteiger partial charge in [0.05, 0.1) is 0 Å². The minimum Gasteiger partial charge on any atom is -0.353 e. The quantitative estimate of drug-likeness (QED) is 0.761. The van der Waals surface area contributed by atoms with E-state index >= 15 is 0 Å². The summed E-state index contributed by atoms with van der Waals surface area (Å²) in [5, 5.41) is 7.56. The Hall–Kier alpha value is -1.62. The van der Waals surface area contributed by atoms with E-state index in [9.17, 15) is 4.79 Å². The van der Waals surface area contributed by atoms with Gasteiger partial charge in [0.15, 0.2) is 5.11 Å². The molecular weight excluding hydrogens is 342 g/mol. The smallest absolute Gasteiger partial charge is 0.225 e. The van der Waals surface area contributed by atoms with Gasteiger partial charge in [0.2, 0.25) is 5.91 Å². The second kappa shape index (κ2) is 7.55. The van der Waals surface area contributed by atoms with Crippen molar-refractivity contribution in [3.8, 4) is 0 Å². The number of amides is 1. The lowest BCUT2D eigenvalue weighted by molar-refractivity contribution is -0.129. The Kier molecular flexibility index (Phi) is 5.56. The van der Waals surface area contributed by atoms with Gasteiger partial charge in [-0.15, -0.1) is 0 Å². The number of nitrogens with one attached hydrogen (secondary N) is 2. The van der Waals surface area contributed by atoms with E-state index in [1.807, 2.05) is 32.9 Å². The van der Waals surface area contributed by atoms with Crippen LogP contribution in [-0.4, -0.2) is 34.0 Å². The summed E-state index contributed by atoms with van der Waals surface area (Å²) in [6.07, 6.45) is 5.50. The van der Waals surface area contributed by atoms with Gasteiger partial charge in [-0.05, 0) is 62.9 Å². The Morgan fingerprint density at radius 1 is 1.15 bits per heavy atom. The van der Waals surface area contributed by atoms with Crippen LogP contribution in [0, 0.1) is 12.3 Å². The summed E-state index contributed by atoms with van der Waals surface area (Å²) in [6.45, 7) is 8.01. The van der Waals surface area contributed by atoms with Crippen LogP contribution >= 0.6 is 12.2 Å². The maximum Gasteiger partial charge on any atom is 0.225 e. The standard InChI is InChI=1S/C21H31N3OS/c1-14-8-5-6-11-18(14)23-20(26)24-16-9-7-10-17(24)13-15(12-16)22-19(25)21(2,3)4/h5-6,8,11,15-17H,7,9-10,12-13H2,1-4H3,(H,22,25)(H,23,26). The molecule has 1 aromatic carbocycles. The molecular formula is C21H31N3OS. The number of thiocarbonyl (C=S) groups is 1. The topological polar surface area (TPSA) is 44.4 Å². The van der Waals surface area contributed by atoms with Crippen LogP contribution in [0.2, 0.25) is 0 Å². The van der Waals surface area contributed by atoms with Gasteiger partial charge in [-0.25, -0.2) is 0 Å². The lowest BCUT2D eigenvalue weighted by Gasteiger charge is -2.50. The number of anilines is 1. The first-order valence-electron chi connectivity index (χ1n) is 9.71. The van der Waals surface area contributed by atoms with Crippen molar-refractivity contribution in [1.29, 1.82) is 0 Å². The van der Waals surface area contributed by atoms with Gasteiger partial charge < -0.3 is 15.5 Å². The fourth-order valence-corrected chi connectivity index (χ4v) is 4.53. The van der Waals surface area contributed by atoms with Gasteiger partial charge in [-0.2, -0.15) is 0 Å². The molecule has 1 amide bonds. The predicted octanol–water partition coefficient (Wildman–Crippen LogP) is 4.24. The van der Waals surface area contributed by atoms with Gasteiger partial charge in [0.25, 0.3) is 0 Å². The molecule has 0 spiro atoms. The number of hydrogen-bond donors (Lipinski definition) is 2. The zero-order valence-electron chi connectivity index (χ0n) is 16.3. The molecule has 1 aromatic rings. The molecule has 0 aromatic heterocycles. The maximum absolute atomic E-state index is 12.4. The van der Waals surface area contributed by atoms with Gasteiger partial charge in [0.1, 0.15) is 0 Å². The van der Waals surface area contributed by atoms with E-state index in [1.54, 1.807) is 0 Å². The van der Waals surface area contributed by atoms with E-state index in [0.717, 1.165) is 36.5 Å². The van der Waals surface area contributed by atoms with E-state index in [4.69, 9.17) is 12.2 Å². The Balaban J connectivity index is 1.68. The summed E-state index contributed by atoms with van der Waals surface area (Å²) in [6, 6.07) is 9.34. The Morgan fingerprint density at radius 2 is 1.77 bits per heavy atom. The van der Waals surface area contributed by atoms with Crippen molar-refractivity contribution in [2.24, 2.45) is 5.41 Å². The molecule has 142 valence electrons. The van der Waals surface area contributed by atoms with Crippen LogP contribution in [0.3, 0.4) is 0 Å². The van der Waals surface area contributed by atoms with Crippen LogP contribution in [0.15, 0.2) is 24.3 Å². The molecule has 4 nitrogen and oxygen atoms in total. The van der Waals surface area contributed by atoms with Crippen molar-refractivity contribution in [1.82, 2.24) is 10.2 Å². The van der Waals surface area contributed by atoms with Crippen molar-refractivity contribution in [3.05, 3.63) is 29.8 Å². The van der Waals surface area contributed by atoms with Crippen molar-refractivity contribution in [2.75, 3.05) is 5.32 Å². The highest BCUT2D eigenvalue weighted by molar-refractivity contribution is 7.80. The van der Waals surface area contributed by atoms with Gasteiger partial charge in [-0.1, -0.05) is 39.0 Å². The molecule has 2 saturated heterocycles. The average molecular weight is 374 g/mol. The number of benzene rings is 1. The molecule has 0 radical (unpaired) electrons. The third-order valence-corrected chi connectivity index (χ3v) is 5.93. The van der Waals surface area contributed by atoms with Crippen molar-refractivity contribution in [2.45, 2.75) is 77.9 Å². The largest absolute Gasteiger partial charge is 0.353 e. The summed E-state index contributed by atoms with van der Waals surface area (Å²) < 4.78 is 0. The molecule has 2 N–H and O–H groups in total. The number of piperidine rings is 2. The number of carbonyl (C=O) groups excluding carboxylic acids is 1. The summed E-state index contributed by atoms with van der Waals surface area (Å²) >= 11 is 5.78. The monoisotopic (exact) mass is 373 g/mol. The second-order valence-corrected chi connectivity index (χ2v) is 9.17. The third kappa shape index (κ3) is 4.20. The van der Waals surface area contributed by atoms with Gasteiger partial charge in [0, 0.05) is 29.2 Å². The molecule has 26 heavy (non-hydrogen) atoms. The van der Waals surface area contributed by atoms with Crippen molar-refractivity contribution >= 4 is 28.9 Å². The maximum atomic E-state index is 12.4. The highest BCUT2D eigenvalue weighted by Gasteiger charge is 2.40. The first kappa shape index (κ1) is 19.2. The number of nitrogens with zero attached hydrogens (tertiary/aromatic N) is 1. The zero-order chi connectivity index (χ0) is 18.9. The number of aryl methyl sites for hydroxylation is 1. The second-order valence-electron chi connectivity index (χ2n) is 8.78. The summed E-state index contributed by atoms with van der Waals surface area (Å²) in [7, 11) is 0. The highest BCUT2D eigenvalue weighted by atomic mass is 32.1. The minimum absolute atomic E-state index is 0.148. The van der Waals surface area contributed by atoms with Gasteiger partial charge >= 0.3 is 0 Å². The molecule has 0 aliphatic carbocycles. The van der Waals surface area contributed by atoms with Crippen LogP contribution in [0.1, 0.15) is 58.4 Å². The summed E-state index contributed by atoms with van der Waals surface area (Å²) in [5.74, 6) is 0.148. The number of carbonyl (C=O) groups is 1. The van der Waals surface area contributed by atoms with Crippen LogP contribution in [0.4, 0.5) is 5.69 Å². The molecule has 2 heterocycles. The summed E-state index contributed by atoms with van der Waals surface area (Å²) in [4.78, 5) is 14.8. The number of rotatable bonds is 2. The number of fused-ring (bicyclic) bond motifs is 2. The normalized spacial score (nSPS) is 25.5.